The van der Waals surface area contributed by atoms with Crippen molar-refractivity contribution >= 4 is 11.7 Å². The lowest BCUT2D eigenvalue weighted by molar-refractivity contribution is -0.123. The Kier molecular flexibility index (Phi) is 5.85. The van der Waals surface area contributed by atoms with Gasteiger partial charge in [0.05, 0.1) is 13.2 Å². The standard InChI is InChI=1S/C19H23N3O3/c1-15-3-2-4-17(11-15)25-14-19(23)21-13-16-5-6-18(20-12-16)22-7-9-24-10-8-22/h2-6,11-12H,7-10,13-14H2,1H3,(H,21,23). The fourth-order valence-corrected chi connectivity index (χ4v) is 2.61. The van der Waals surface area contributed by atoms with Gasteiger partial charge in [-0.15, -0.1) is 0 Å². The summed E-state index contributed by atoms with van der Waals surface area (Å²) in [6.07, 6.45) is 1.80. The van der Waals surface area contributed by atoms with Gasteiger partial charge < -0.3 is 19.7 Å². The van der Waals surface area contributed by atoms with E-state index in [1.807, 2.05) is 43.3 Å². The third kappa shape index (κ3) is 5.19. The SMILES string of the molecule is Cc1cccc(OCC(=O)NCc2ccc(N3CCOCC3)nc2)c1. The van der Waals surface area contributed by atoms with Crippen LogP contribution < -0.4 is 15.0 Å². The molecule has 0 bridgehead atoms. The van der Waals surface area contributed by atoms with Crippen molar-refractivity contribution in [2.75, 3.05) is 37.8 Å². The van der Waals surface area contributed by atoms with Gasteiger partial charge in [0.1, 0.15) is 11.6 Å². The number of morpholine rings is 1. The van der Waals surface area contributed by atoms with Crippen molar-refractivity contribution in [3.05, 3.63) is 53.7 Å². The van der Waals surface area contributed by atoms with Crippen LogP contribution in [0.5, 0.6) is 5.75 Å². The second-order valence-corrected chi connectivity index (χ2v) is 6.01. The average molecular weight is 341 g/mol. The molecule has 25 heavy (non-hydrogen) atoms. The summed E-state index contributed by atoms with van der Waals surface area (Å²) < 4.78 is 10.8. The van der Waals surface area contributed by atoms with Crippen LogP contribution >= 0.6 is 0 Å². The minimum absolute atomic E-state index is 0.00272. The number of pyridine rings is 1. The summed E-state index contributed by atoms with van der Waals surface area (Å²) in [7, 11) is 0. The Morgan fingerprint density at radius 3 is 2.84 bits per heavy atom. The predicted octanol–water partition coefficient (Wildman–Crippen LogP) is 1.92. The Labute approximate surface area is 147 Å². The topological polar surface area (TPSA) is 63.7 Å². The predicted molar refractivity (Wildman–Crippen MR) is 95.8 cm³/mol. The molecule has 0 unspecified atom stereocenters. The number of amides is 1. The molecule has 1 aromatic heterocycles. The average Bonchev–Trinajstić information content (AvgIpc) is 2.66. The number of benzene rings is 1. The number of hydrogen-bond acceptors (Lipinski definition) is 5. The Morgan fingerprint density at radius 2 is 2.12 bits per heavy atom. The molecule has 1 N–H and O–H groups in total. The lowest BCUT2D eigenvalue weighted by Crippen LogP contribution is -2.36. The van der Waals surface area contributed by atoms with Crippen LogP contribution in [-0.2, 0) is 16.1 Å². The van der Waals surface area contributed by atoms with Crippen molar-refractivity contribution in [3.8, 4) is 5.75 Å². The summed E-state index contributed by atoms with van der Waals surface area (Å²) in [5, 5.41) is 2.85. The van der Waals surface area contributed by atoms with Crippen LogP contribution in [0.15, 0.2) is 42.6 Å². The fraction of sp³-hybridized carbons (Fsp3) is 0.368. The van der Waals surface area contributed by atoms with Crippen molar-refractivity contribution in [2.24, 2.45) is 0 Å². The number of carbonyl (C=O) groups excluding carboxylic acids is 1. The van der Waals surface area contributed by atoms with Gasteiger partial charge >= 0.3 is 0 Å². The zero-order chi connectivity index (χ0) is 17.5. The van der Waals surface area contributed by atoms with E-state index in [1.54, 1.807) is 6.20 Å². The third-order valence-corrected chi connectivity index (χ3v) is 3.99. The molecule has 0 atom stereocenters. The zero-order valence-electron chi connectivity index (χ0n) is 14.4. The quantitative estimate of drug-likeness (QED) is 0.870. The van der Waals surface area contributed by atoms with E-state index in [9.17, 15) is 4.79 Å². The van der Waals surface area contributed by atoms with Crippen LogP contribution in [0.1, 0.15) is 11.1 Å². The first kappa shape index (κ1) is 17.2. The molecule has 3 rings (SSSR count). The molecule has 2 aromatic rings. The van der Waals surface area contributed by atoms with Crippen molar-refractivity contribution in [2.45, 2.75) is 13.5 Å². The number of rotatable bonds is 6. The second-order valence-electron chi connectivity index (χ2n) is 6.01. The van der Waals surface area contributed by atoms with Crippen LogP contribution in [0.2, 0.25) is 0 Å². The highest BCUT2D eigenvalue weighted by Gasteiger charge is 2.12. The van der Waals surface area contributed by atoms with Gasteiger partial charge in [0.15, 0.2) is 6.61 Å². The van der Waals surface area contributed by atoms with Gasteiger partial charge in [0, 0.05) is 25.8 Å². The number of ether oxygens (including phenoxy) is 2. The maximum Gasteiger partial charge on any atom is 0.258 e. The molecule has 1 aromatic carbocycles. The number of anilines is 1. The molecule has 1 fully saturated rings. The molecule has 0 saturated carbocycles. The molecule has 1 amide bonds. The lowest BCUT2D eigenvalue weighted by atomic mass is 10.2. The largest absolute Gasteiger partial charge is 0.484 e. The molecule has 0 aliphatic carbocycles. The number of carbonyl (C=O) groups is 1. The molecule has 1 saturated heterocycles. The summed E-state index contributed by atoms with van der Waals surface area (Å²) in [5.41, 5.74) is 2.06. The van der Waals surface area contributed by atoms with Crippen LogP contribution in [0, 0.1) is 6.92 Å². The maximum absolute atomic E-state index is 11.9. The molecular weight excluding hydrogens is 318 g/mol. The van der Waals surface area contributed by atoms with Crippen molar-refractivity contribution in [1.82, 2.24) is 10.3 Å². The van der Waals surface area contributed by atoms with Gasteiger partial charge in [-0.3, -0.25) is 4.79 Å². The van der Waals surface area contributed by atoms with Crippen LogP contribution in [-0.4, -0.2) is 43.8 Å². The first-order valence-corrected chi connectivity index (χ1v) is 8.44. The molecule has 6 heteroatoms. The summed E-state index contributed by atoms with van der Waals surface area (Å²) in [4.78, 5) is 18.6. The summed E-state index contributed by atoms with van der Waals surface area (Å²) in [6, 6.07) is 11.6. The molecule has 0 radical (unpaired) electrons. The first-order valence-electron chi connectivity index (χ1n) is 8.44. The highest BCUT2D eigenvalue weighted by atomic mass is 16.5. The Bertz CT molecular complexity index is 697. The van der Waals surface area contributed by atoms with Crippen LogP contribution in [0.4, 0.5) is 5.82 Å². The van der Waals surface area contributed by atoms with Crippen molar-refractivity contribution in [1.29, 1.82) is 0 Å². The molecule has 1 aliphatic rings. The molecule has 6 nitrogen and oxygen atoms in total. The van der Waals surface area contributed by atoms with Gasteiger partial charge in [-0.25, -0.2) is 4.98 Å². The number of aryl methyl sites for hydroxylation is 1. The monoisotopic (exact) mass is 341 g/mol. The van der Waals surface area contributed by atoms with E-state index >= 15 is 0 Å². The number of hydrogen-bond donors (Lipinski definition) is 1. The highest BCUT2D eigenvalue weighted by molar-refractivity contribution is 5.77. The smallest absolute Gasteiger partial charge is 0.258 e. The van der Waals surface area contributed by atoms with Crippen LogP contribution in [0.25, 0.3) is 0 Å². The van der Waals surface area contributed by atoms with E-state index in [2.05, 4.69) is 15.2 Å². The first-order chi connectivity index (χ1) is 12.2. The summed E-state index contributed by atoms with van der Waals surface area (Å²) >= 11 is 0. The second kappa shape index (κ2) is 8.48. The van der Waals surface area contributed by atoms with Crippen molar-refractivity contribution in [3.63, 3.8) is 0 Å². The lowest BCUT2D eigenvalue weighted by Gasteiger charge is -2.27. The van der Waals surface area contributed by atoms with E-state index in [0.717, 1.165) is 43.2 Å². The zero-order valence-corrected chi connectivity index (χ0v) is 14.4. The molecule has 2 heterocycles. The van der Waals surface area contributed by atoms with E-state index in [0.29, 0.717) is 12.3 Å². The van der Waals surface area contributed by atoms with Gasteiger partial charge in [-0.2, -0.15) is 0 Å². The normalized spacial score (nSPS) is 14.2. The highest BCUT2D eigenvalue weighted by Crippen LogP contribution is 2.13. The van der Waals surface area contributed by atoms with E-state index in [1.165, 1.54) is 0 Å². The number of aromatic nitrogens is 1. The molecular formula is C19H23N3O3. The third-order valence-electron chi connectivity index (χ3n) is 3.99. The van der Waals surface area contributed by atoms with E-state index in [-0.39, 0.29) is 12.5 Å². The van der Waals surface area contributed by atoms with Gasteiger partial charge in [-0.1, -0.05) is 18.2 Å². The Hall–Kier alpha value is -2.60. The van der Waals surface area contributed by atoms with Crippen LogP contribution in [0.3, 0.4) is 0 Å². The number of nitrogens with one attached hydrogen (secondary N) is 1. The van der Waals surface area contributed by atoms with E-state index < -0.39 is 0 Å². The van der Waals surface area contributed by atoms with Gasteiger partial charge in [0.25, 0.3) is 5.91 Å². The Balaban J connectivity index is 1.43. The minimum atomic E-state index is -0.154. The molecule has 1 aliphatic heterocycles. The van der Waals surface area contributed by atoms with Crippen molar-refractivity contribution < 1.29 is 14.3 Å². The van der Waals surface area contributed by atoms with E-state index in [4.69, 9.17) is 9.47 Å². The minimum Gasteiger partial charge on any atom is -0.484 e. The molecule has 132 valence electrons. The summed E-state index contributed by atoms with van der Waals surface area (Å²) in [6.45, 7) is 5.62. The fourth-order valence-electron chi connectivity index (χ4n) is 2.61. The summed E-state index contributed by atoms with van der Waals surface area (Å²) in [5.74, 6) is 1.49. The number of nitrogens with zero attached hydrogens (tertiary/aromatic N) is 2. The maximum atomic E-state index is 11.9. The Morgan fingerprint density at radius 1 is 1.28 bits per heavy atom. The van der Waals surface area contributed by atoms with Gasteiger partial charge in [-0.05, 0) is 36.2 Å². The van der Waals surface area contributed by atoms with Gasteiger partial charge in [0.2, 0.25) is 0 Å². The molecule has 0 spiro atoms.